The number of hydrogen-bond donors (Lipinski definition) is 1. The molecule has 0 aliphatic rings. The summed E-state index contributed by atoms with van der Waals surface area (Å²) in [5, 5.41) is 8.76. The van der Waals surface area contributed by atoms with Gasteiger partial charge >= 0.3 is 0 Å². The molecule has 0 aliphatic heterocycles. The van der Waals surface area contributed by atoms with E-state index in [1.807, 2.05) is 54.5 Å². The largest absolute Gasteiger partial charge is 0.409 e. The third-order valence-electron chi connectivity index (χ3n) is 4.29. The van der Waals surface area contributed by atoms with Crippen LogP contribution in [-0.2, 0) is 13.2 Å². The van der Waals surface area contributed by atoms with Crippen LogP contribution >= 0.6 is 12.2 Å². The van der Waals surface area contributed by atoms with Crippen molar-refractivity contribution in [2.24, 2.45) is 0 Å². The molecular formula is C20H19FN5OS+. The van der Waals surface area contributed by atoms with Crippen LogP contribution in [-0.4, -0.2) is 26.6 Å². The molecule has 28 heavy (non-hydrogen) atoms. The summed E-state index contributed by atoms with van der Waals surface area (Å²) in [6, 6.07) is 16.3. The van der Waals surface area contributed by atoms with Gasteiger partial charge in [-0.2, -0.15) is 9.78 Å². The van der Waals surface area contributed by atoms with E-state index in [0.717, 1.165) is 22.7 Å². The maximum Gasteiger partial charge on any atom is 0.292 e. The summed E-state index contributed by atoms with van der Waals surface area (Å²) < 4.78 is 22.9. The Labute approximate surface area is 166 Å². The van der Waals surface area contributed by atoms with E-state index >= 15 is 0 Å². The number of rotatable bonds is 6. The highest BCUT2D eigenvalue weighted by atomic mass is 32.1. The minimum absolute atomic E-state index is 0.188. The topological polar surface area (TPSA) is 53.2 Å². The molecule has 1 unspecified atom stereocenters. The van der Waals surface area contributed by atoms with Gasteiger partial charge in [-0.3, -0.25) is 0 Å². The molecule has 2 aromatic carbocycles. The summed E-state index contributed by atoms with van der Waals surface area (Å²) in [7, 11) is 2.03. The summed E-state index contributed by atoms with van der Waals surface area (Å²) >= 11 is 5.25. The number of nitrogens with zero attached hydrogens (tertiary/aromatic N) is 4. The first-order valence-corrected chi connectivity index (χ1v) is 9.24. The Bertz CT molecular complexity index is 1130. The maximum atomic E-state index is 14.0. The molecule has 2 heterocycles. The van der Waals surface area contributed by atoms with Crippen LogP contribution in [0.1, 0.15) is 5.56 Å². The minimum Gasteiger partial charge on any atom is -0.409 e. The van der Waals surface area contributed by atoms with E-state index in [-0.39, 0.29) is 16.5 Å². The first-order valence-electron chi connectivity index (χ1n) is 8.83. The molecule has 0 radical (unpaired) electrons. The molecule has 0 fully saturated rings. The Hall–Kier alpha value is -3.10. The molecule has 0 saturated heterocycles. The highest BCUT2D eigenvalue weighted by Crippen LogP contribution is 2.20. The smallest absolute Gasteiger partial charge is 0.292 e. The zero-order valence-electron chi connectivity index (χ0n) is 15.2. The molecule has 0 spiro atoms. The standard InChI is InChI=1S/C20H18FN5OS/c1-24(12-15-11-22-25(13-15)16-7-3-2-4-8-16)14-26-20(28)27-19(23-26)17-9-5-6-10-18(17)21/h2-11,13H,12,14H2,1H3/p+1. The van der Waals surface area contributed by atoms with Gasteiger partial charge in [-0.1, -0.05) is 30.3 Å². The number of benzene rings is 2. The van der Waals surface area contributed by atoms with Crippen LogP contribution in [0.15, 0.2) is 71.4 Å². The van der Waals surface area contributed by atoms with Gasteiger partial charge in [-0.25, -0.2) is 9.07 Å². The average molecular weight is 396 g/mol. The molecule has 0 amide bonds. The van der Waals surface area contributed by atoms with Gasteiger partial charge < -0.3 is 9.32 Å². The molecular weight excluding hydrogens is 377 g/mol. The summed E-state index contributed by atoms with van der Waals surface area (Å²) in [6.45, 7) is 1.23. The van der Waals surface area contributed by atoms with Crippen molar-refractivity contribution in [2.45, 2.75) is 13.2 Å². The fraction of sp³-hybridized carbons (Fsp3) is 0.150. The predicted molar refractivity (Wildman–Crippen MR) is 105 cm³/mol. The third-order valence-corrected chi connectivity index (χ3v) is 4.59. The van der Waals surface area contributed by atoms with E-state index in [1.165, 1.54) is 6.07 Å². The van der Waals surface area contributed by atoms with Crippen LogP contribution in [0.5, 0.6) is 0 Å². The molecule has 0 bridgehead atoms. The molecule has 1 atom stereocenters. The first-order chi connectivity index (χ1) is 13.6. The van der Waals surface area contributed by atoms with Gasteiger partial charge in [-0.05, 0) is 36.5 Å². The van der Waals surface area contributed by atoms with E-state index in [4.69, 9.17) is 16.6 Å². The van der Waals surface area contributed by atoms with E-state index < -0.39 is 0 Å². The Balaban J connectivity index is 1.46. The second kappa shape index (κ2) is 7.87. The molecule has 8 heteroatoms. The Morgan fingerprint density at radius 2 is 1.86 bits per heavy atom. The van der Waals surface area contributed by atoms with Gasteiger partial charge in [0.1, 0.15) is 12.4 Å². The van der Waals surface area contributed by atoms with Crippen molar-refractivity contribution in [3.05, 3.63) is 83.2 Å². The zero-order valence-corrected chi connectivity index (χ0v) is 16.1. The van der Waals surface area contributed by atoms with Gasteiger partial charge in [0.05, 0.1) is 24.5 Å². The van der Waals surface area contributed by atoms with E-state index in [2.05, 4.69) is 10.2 Å². The van der Waals surface area contributed by atoms with E-state index in [0.29, 0.717) is 12.2 Å². The minimum atomic E-state index is -0.389. The highest BCUT2D eigenvalue weighted by Gasteiger charge is 2.15. The summed E-state index contributed by atoms with van der Waals surface area (Å²) in [4.78, 5) is 1.36. The van der Waals surface area contributed by atoms with Crippen molar-refractivity contribution >= 4 is 12.2 Å². The quantitative estimate of drug-likeness (QED) is 0.509. The SMILES string of the molecule is C[NH+](Cc1cnn(-c2ccccc2)c1)Cn1nc(-c2ccccc2F)oc1=S. The molecule has 6 nitrogen and oxygen atoms in total. The number of quaternary nitrogens is 1. The van der Waals surface area contributed by atoms with Crippen LogP contribution in [0.25, 0.3) is 17.1 Å². The fourth-order valence-electron chi connectivity index (χ4n) is 2.98. The van der Waals surface area contributed by atoms with Crippen molar-refractivity contribution in [1.82, 2.24) is 19.6 Å². The summed E-state index contributed by atoms with van der Waals surface area (Å²) in [6.07, 6.45) is 3.86. The van der Waals surface area contributed by atoms with Gasteiger partial charge in [0.15, 0.2) is 6.67 Å². The zero-order chi connectivity index (χ0) is 19.5. The molecule has 2 aromatic heterocycles. The summed E-state index contributed by atoms with van der Waals surface area (Å²) in [5.74, 6) is -0.201. The lowest BCUT2D eigenvalue weighted by molar-refractivity contribution is -0.917. The van der Waals surface area contributed by atoms with Gasteiger partial charge in [0, 0.05) is 11.8 Å². The lowest BCUT2D eigenvalue weighted by Gasteiger charge is -2.11. The van der Waals surface area contributed by atoms with Gasteiger partial charge in [0.25, 0.3) is 4.84 Å². The van der Waals surface area contributed by atoms with E-state index in [9.17, 15) is 4.39 Å². The Kier molecular flexibility index (Phi) is 5.14. The predicted octanol–water partition coefficient (Wildman–Crippen LogP) is 2.87. The van der Waals surface area contributed by atoms with Crippen LogP contribution in [0.4, 0.5) is 4.39 Å². The summed E-state index contributed by atoms with van der Waals surface area (Å²) in [5.41, 5.74) is 2.40. The van der Waals surface area contributed by atoms with Crippen molar-refractivity contribution < 1.29 is 13.7 Å². The molecule has 0 saturated carbocycles. The molecule has 4 aromatic rings. The van der Waals surface area contributed by atoms with Crippen LogP contribution in [0.2, 0.25) is 0 Å². The molecule has 4 rings (SSSR count). The second-order valence-corrected chi connectivity index (χ2v) is 6.92. The average Bonchev–Trinajstić information content (AvgIpc) is 3.30. The third kappa shape index (κ3) is 3.92. The Morgan fingerprint density at radius 1 is 1.11 bits per heavy atom. The lowest BCUT2D eigenvalue weighted by atomic mass is 10.2. The Morgan fingerprint density at radius 3 is 2.64 bits per heavy atom. The van der Waals surface area contributed by atoms with Crippen molar-refractivity contribution in [1.29, 1.82) is 0 Å². The number of nitrogens with one attached hydrogen (secondary N) is 1. The first kappa shape index (κ1) is 18.3. The second-order valence-electron chi connectivity index (χ2n) is 6.57. The van der Waals surface area contributed by atoms with Crippen molar-refractivity contribution in [3.8, 4) is 17.1 Å². The number of hydrogen-bond acceptors (Lipinski definition) is 4. The number of para-hydroxylation sites is 1. The number of aromatic nitrogens is 4. The van der Waals surface area contributed by atoms with Crippen LogP contribution in [0, 0.1) is 10.7 Å². The monoisotopic (exact) mass is 396 g/mol. The van der Waals surface area contributed by atoms with Crippen LogP contribution in [0.3, 0.4) is 0 Å². The van der Waals surface area contributed by atoms with Crippen molar-refractivity contribution in [3.63, 3.8) is 0 Å². The molecule has 0 aliphatic carbocycles. The maximum absolute atomic E-state index is 14.0. The van der Waals surface area contributed by atoms with Crippen molar-refractivity contribution in [2.75, 3.05) is 7.05 Å². The number of halogens is 1. The van der Waals surface area contributed by atoms with Gasteiger partial charge in [-0.15, -0.1) is 5.10 Å². The highest BCUT2D eigenvalue weighted by molar-refractivity contribution is 7.71. The lowest BCUT2D eigenvalue weighted by Crippen LogP contribution is -3.06. The molecule has 1 N–H and O–H groups in total. The fourth-order valence-corrected chi connectivity index (χ4v) is 3.17. The van der Waals surface area contributed by atoms with E-state index in [1.54, 1.807) is 22.9 Å². The normalized spacial score (nSPS) is 12.2. The molecule has 142 valence electrons. The van der Waals surface area contributed by atoms with Gasteiger partial charge in [0.2, 0.25) is 5.89 Å². The van der Waals surface area contributed by atoms with Crippen LogP contribution < -0.4 is 4.90 Å².